The Morgan fingerprint density at radius 3 is 2.59 bits per heavy atom. The average Bonchev–Trinajstić information content (AvgIpc) is 3.22. The number of hydrogen-bond donors (Lipinski definition) is 2. The normalized spacial score (nSPS) is 15.2. The number of aromatic nitrogens is 3. The Morgan fingerprint density at radius 2 is 2.00 bits per heavy atom. The number of nitriles is 1. The highest BCUT2D eigenvalue weighted by atomic mass is 32.2. The summed E-state index contributed by atoms with van der Waals surface area (Å²) in [5.74, 6) is 1.10. The molecule has 1 unspecified atom stereocenters. The maximum absolute atomic E-state index is 11.7. The van der Waals surface area contributed by atoms with Crippen LogP contribution in [0.5, 0.6) is 0 Å². The van der Waals surface area contributed by atoms with Crippen LogP contribution in [0, 0.1) is 18.3 Å². The van der Waals surface area contributed by atoms with Crippen LogP contribution in [0.1, 0.15) is 46.3 Å². The first-order chi connectivity index (χ1) is 17.8. The van der Waals surface area contributed by atoms with Crippen LogP contribution in [-0.4, -0.2) is 59.0 Å². The monoisotopic (exact) mass is 520 g/mol. The molecular weight excluding hydrogens is 488 g/mol. The zero-order chi connectivity index (χ0) is 26.5. The molecule has 194 valence electrons. The molecule has 1 aliphatic rings. The molecule has 0 amide bonds. The second kappa shape index (κ2) is 11.5. The number of piperidine rings is 1. The molecule has 0 radical (unpaired) electrons. The number of thiazole rings is 1. The molecule has 3 aromatic rings. The number of hydrogen-bond acceptors (Lipinski definition) is 9. The number of aromatic carboxylic acids is 1. The molecule has 0 saturated carbocycles. The van der Waals surface area contributed by atoms with E-state index in [1.807, 2.05) is 25.1 Å². The zero-order valence-corrected chi connectivity index (χ0v) is 22.4. The van der Waals surface area contributed by atoms with Crippen LogP contribution in [-0.2, 0) is 12.3 Å². The molecule has 1 aromatic carbocycles. The van der Waals surface area contributed by atoms with Gasteiger partial charge in [0.2, 0.25) is 4.88 Å². The van der Waals surface area contributed by atoms with Crippen LogP contribution in [0.2, 0.25) is 0 Å². The lowest BCUT2D eigenvalue weighted by atomic mass is 10.0. The first-order valence-electron chi connectivity index (χ1n) is 12.3. The summed E-state index contributed by atoms with van der Waals surface area (Å²) >= 11 is 0. The van der Waals surface area contributed by atoms with Crippen LogP contribution >= 0.6 is 10.5 Å². The molecule has 1 aliphatic heterocycles. The third-order valence-electron chi connectivity index (χ3n) is 6.57. The molecule has 0 spiro atoms. The lowest BCUT2D eigenvalue weighted by Gasteiger charge is -2.35. The SMILES string of the molecule is CC[s+]1c(C(=O)[O-])c(C)[nH]c1=Nc1nc(NCc2ccc(C#N)cc2)cc(N2CCC(N(C)C)CC2)n1. The van der Waals surface area contributed by atoms with Gasteiger partial charge in [0.1, 0.15) is 23.4 Å². The molecular formula is C26H32N8O2S. The van der Waals surface area contributed by atoms with Gasteiger partial charge in [-0.1, -0.05) is 12.1 Å². The fourth-order valence-electron chi connectivity index (χ4n) is 4.49. The predicted octanol–water partition coefficient (Wildman–Crippen LogP) is 2.49. The number of nitrogens with one attached hydrogen (secondary N) is 2. The number of aromatic amines is 1. The van der Waals surface area contributed by atoms with Crippen molar-refractivity contribution >= 4 is 34.0 Å². The van der Waals surface area contributed by atoms with Crippen molar-refractivity contribution in [3.8, 4) is 6.07 Å². The van der Waals surface area contributed by atoms with E-state index >= 15 is 0 Å². The van der Waals surface area contributed by atoms with Crippen LogP contribution in [0.15, 0.2) is 35.3 Å². The molecule has 4 rings (SSSR count). The Bertz CT molecular complexity index is 1360. The number of nitrogens with zero attached hydrogens (tertiary/aromatic N) is 6. The minimum Gasteiger partial charge on any atom is -0.540 e. The number of rotatable bonds is 8. The van der Waals surface area contributed by atoms with Crippen molar-refractivity contribution in [1.29, 1.82) is 5.26 Å². The van der Waals surface area contributed by atoms with Gasteiger partial charge in [0.05, 0.1) is 17.3 Å². The van der Waals surface area contributed by atoms with Gasteiger partial charge in [-0.15, -0.1) is 4.99 Å². The fraction of sp³-hybridized carbons (Fsp3) is 0.423. The lowest BCUT2D eigenvalue weighted by molar-refractivity contribution is -0.254. The van der Waals surface area contributed by atoms with Crippen molar-refractivity contribution in [2.75, 3.05) is 37.4 Å². The second-order valence-electron chi connectivity index (χ2n) is 9.22. The van der Waals surface area contributed by atoms with E-state index in [2.05, 4.69) is 50.2 Å². The van der Waals surface area contributed by atoms with E-state index in [-0.39, 0.29) is 10.8 Å². The fourth-order valence-corrected chi connectivity index (χ4v) is 6.34. The van der Waals surface area contributed by atoms with Gasteiger partial charge < -0.3 is 25.0 Å². The van der Waals surface area contributed by atoms with E-state index in [0.29, 0.717) is 40.2 Å². The summed E-state index contributed by atoms with van der Waals surface area (Å²) in [6.45, 7) is 5.92. The standard InChI is InChI=1S/C26H32N8O2S/c1-5-37-23(24(35)36)17(2)29-26(37)32-25-30-21(28-16-19-8-6-18(15-27)7-9-19)14-22(31-25)34-12-10-20(11-13-34)33(3)4/h6-9,14,20H,5,10-13,16H2,1-4H3,(H2-,28,29,30,31,32,35,36). The van der Waals surface area contributed by atoms with E-state index in [4.69, 9.17) is 10.2 Å². The molecule has 0 aliphatic carbocycles. The zero-order valence-electron chi connectivity index (χ0n) is 21.6. The largest absolute Gasteiger partial charge is 0.540 e. The van der Waals surface area contributed by atoms with Crippen molar-refractivity contribution in [2.45, 2.75) is 45.0 Å². The van der Waals surface area contributed by atoms with Crippen molar-refractivity contribution in [3.63, 3.8) is 0 Å². The molecule has 3 heterocycles. The molecule has 10 nitrogen and oxygen atoms in total. The summed E-state index contributed by atoms with van der Waals surface area (Å²) in [5, 5.41) is 24.1. The quantitative estimate of drug-likeness (QED) is 0.432. The minimum absolute atomic E-state index is 0.252. The summed E-state index contributed by atoms with van der Waals surface area (Å²) in [6.07, 6.45) is 2.07. The maximum Gasteiger partial charge on any atom is 0.348 e. The van der Waals surface area contributed by atoms with Crippen molar-refractivity contribution in [1.82, 2.24) is 19.9 Å². The summed E-state index contributed by atoms with van der Waals surface area (Å²) in [5.41, 5.74) is 2.18. The summed E-state index contributed by atoms with van der Waals surface area (Å²) in [4.78, 5) is 34.2. The Hall–Kier alpha value is -3.75. The number of carbonyl (C=O) groups excluding carboxylic acids is 1. The van der Waals surface area contributed by atoms with Gasteiger partial charge in [-0.3, -0.25) is 4.98 Å². The van der Waals surface area contributed by atoms with Gasteiger partial charge in [-0.2, -0.15) is 15.2 Å². The predicted molar refractivity (Wildman–Crippen MR) is 143 cm³/mol. The van der Waals surface area contributed by atoms with Gasteiger partial charge >= 0.3 is 4.80 Å². The van der Waals surface area contributed by atoms with Gasteiger partial charge in [0.15, 0.2) is 0 Å². The first-order valence-corrected chi connectivity index (χ1v) is 13.7. The molecule has 2 N–H and O–H groups in total. The number of aryl methyl sites for hydroxylation is 1. The minimum atomic E-state index is -1.18. The molecule has 2 aromatic heterocycles. The van der Waals surface area contributed by atoms with Gasteiger partial charge in [-0.05, 0) is 58.5 Å². The van der Waals surface area contributed by atoms with Crippen LogP contribution < -0.4 is 20.1 Å². The van der Waals surface area contributed by atoms with E-state index in [9.17, 15) is 9.90 Å². The number of carboxylic acid groups (broad SMARTS) is 1. The summed E-state index contributed by atoms with van der Waals surface area (Å²) in [7, 11) is 3.50. The second-order valence-corrected chi connectivity index (χ2v) is 11.4. The van der Waals surface area contributed by atoms with E-state index in [1.165, 1.54) is 0 Å². The van der Waals surface area contributed by atoms with Crippen LogP contribution in [0.3, 0.4) is 0 Å². The summed E-state index contributed by atoms with van der Waals surface area (Å²) in [6, 6.07) is 12.0. The molecule has 0 bridgehead atoms. The first kappa shape index (κ1) is 26.3. The number of anilines is 2. The van der Waals surface area contributed by atoms with E-state index in [0.717, 1.165) is 37.3 Å². The molecule has 37 heavy (non-hydrogen) atoms. The highest BCUT2D eigenvalue weighted by molar-refractivity contribution is 7.30. The Balaban J connectivity index is 1.68. The maximum atomic E-state index is 11.7. The lowest BCUT2D eigenvalue weighted by Crippen LogP contribution is -2.42. The number of benzene rings is 1. The van der Waals surface area contributed by atoms with Crippen molar-refractivity contribution in [3.05, 3.63) is 56.8 Å². The topological polar surface area (TPSA) is 136 Å². The smallest absolute Gasteiger partial charge is 0.348 e. The highest BCUT2D eigenvalue weighted by Crippen LogP contribution is 2.26. The Labute approximate surface area is 219 Å². The van der Waals surface area contributed by atoms with Gasteiger partial charge in [0.25, 0.3) is 5.95 Å². The van der Waals surface area contributed by atoms with Gasteiger partial charge in [0, 0.05) is 42.2 Å². The summed E-state index contributed by atoms with van der Waals surface area (Å²) < 4.78 is 0. The number of carbonyl (C=O) groups is 1. The number of H-pyrrole nitrogens is 1. The van der Waals surface area contributed by atoms with Crippen molar-refractivity contribution < 1.29 is 9.90 Å². The Kier molecular flexibility index (Phi) is 8.21. The average molecular weight is 521 g/mol. The van der Waals surface area contributed by atoms with Crippen LogP contribution in [0.4, 0.5) is 17.6 Å². The third-order valence-corrected chi connectivity index (χ3v) is 8.77. The van der Waals surface area contributed by atoms with Crippen molar-refractivity contribution in [2.24, 2.45) is 4.99 Å². The third kappa shape index (κ3) is 6.15. The Morgan fingerprint density at radius 1 is 1.30 bits per heavy atom. The highest BCUT2D eigenvalue weighted by Gasteiger charge is 2.24. The number of carboxylic acids is 1. The van der Waals surface area contributed by atoms with E-state index < -0.39 is 16.4 Å². The van der Waals surface area contributed by atoms with Gasteiger partial charge in [-0.25, -0.2) is 0 Å². The van der Waals surface area contributed by atoms with E-state index in [1.54, 1.807) is 19.1 Å². The molecule has 11 heteroatoms. The van der Waals surface area contributed by atoms with Crippen LogP contribution in [0.25, 0.3) is 0 Å². The molecule has 1 saturated heterocycles. The molecule has 1 atom stereocenters. The molecule has 1 fully saturated rings.